The molecule has 4 aromatic carbocycles. The molecule has 5 rings (SSSR count). The van der Waals surface area contributed by atoms with Gasteiger partial charge >= 0.3 is 5.97 Å². The van der Waals surface area contributed by atoms with E-state index in [1.54, 1.807) is 60.7 Å². The molecule has 1 aliphatic rings. The fraction of sp³-hybridized carbons (Fsp3) is 0.237. The average Bonchev–Trinajstić information content (AvgIpc) is 3.11. The molecule has 3 N–H and O–H groups in total. The first-order valence-corrected chi connectivity index (χ1v) is 17.4. The Balaban J connectivity index is 1.38. The van der Waals surface area contributed by atoms with E-state index in [1.165, 1.54) is 35.5 Å². The number of nitrogens with one attached hydrogen (secondary N) is 2. The van der Waals surface area contributed by atoms with Gasteiger partial charge in [0.15, 0.2) is 0 Å². The predicted octanol–water partition coefficient (Wildman–Crippen LogP) is 6.64. The number of carboxylic acid groups (broad SMARTS) is 1. The molecule has 0 saturated carbocycles. The summed E-state index contributed by atoms with van der Waals surface area (Å²) < 4.78 is 28.1. The van der Waals surface area contributed by atoms with Crippen molar-refractivity contribution in [1.29, 1.82) is 0 Å². The molecule has 0 aliphatic heterocycles. The molecule has 0 heterocycles. The highest BCUT2D eigenvalue weighted by atomic mass is 32.2. The van der Waals surface area contributed by atoms with Crippen LogP contribution in [0.2, 0.25) is 0 Å². The van der Waals surface area contributed by atoms with E-state index in [9.17, 15) is 22.8 Å². The third kappa shape index (κ3) is 8.57. The Morgan fingerprint density at radius 2 is 1.60 bits per heavy atom. The van der Waals surface area contributed by atoms with Gasteiger partial charge in [0.1, 0.15) is 0 Å². The Morgan fingerprint density at radius 3 is 2.27 bits per heavy atom. The van der Waals surface area contributed by atoms with Crippen LogP contribution in [0.4, 0.5) is 11.4 Å². The average molecular weight is 666 g/mol. The summed E-state index contributed by atoms with van der Waals surface area (Å²) in [4.78, 5) is 37.3. The standard InChI is InChI=1S/C38H39N3O6S/c1-41(33-12-6-3-7-13-33)48(46,47)34-14-8-11-32(26-34)40-38(45)35(30-21-19-29(20-22-30)28-9-4-2-5-10-28)25-27-15-17-31(18-16-27)37(44)39-24-23-36(42)43/h3,6-9,11-22,26,35H,2,4-5,10,23-25H2,1H3,(H,39,44)(H,40,45)(H,42,43). The van der Waals surface area contributed by atoms with Crippen molar-refractivity contribution in [2.45, 2.75) is 49.3 Å². The minimum Gasteiger partial charge on any atom is -0.481 e. The van der Waals surface area contributed by atoms with E-state index >= 15 is 0 Å². The summed E-state index contributed by atoms with van der Waals surface area (Å²) in [6.45, 7) is 0.0239. The molecule has 2 amide bonds. The van der Waals surface area contributed by atoms with Crippen molar-refractivity contribution in [3.63, 3.8) is 0 Å². The smallest absolute Gasteiger partial charge is 0.305 e. The Kier molecular flexibility index (Phi) is 11.1. The fourth-order valence-corrected chi connectivity index (χ4v) is 6.95. The zero-order valence-electron chi connectivity index (χ0n) is 26.8. The SMILES string of the molecule is CN(c1ccccc1)S(=O)(=O)c1cccc(NC(=O)C(Cc2ccc(C(=O)NCCC(=O)O)cc2)c2ccc(C3=CCCCC3)cc2)c1. The van der Waals surface area contributed by atoms with Crippen LogP contribution in [0.3, 0.4) is 0 Å². The van der Waals surface area contributed by atoms with Gasteiger partial charge in [-0.1, -0.05) is 66.7 Å². The number of amides is 2. The van der Waals surface area contributed by atoms with Gasteiger partial charge in [-0.15, -0.1) is 0 Å². The highest BCUT2D eigenvalue weighted by molar-refractivity contribution is 7.92. The largest absolute Gasteiger partial charge is 0.481 e. The highest BCUT2D eigenvalue weighted by Crippen LogP contribution is 2.30. The van der Waals surface area contributed by atoms with Crippen molar-refractivity contribution in [2.75, 3.05) is 23.2 Å². The normalized spacial score (nSPS) is 13.6. The number of hydrogen-bond donors (Lipinski definition) is 3. The van der Waals surface area contributed by atoms with Crippen LogP contribution in [0.15, 0.2) is 114 Å². The first-order valence-electron chi connectivity index (χ1n) is 15.9. The molecule has 0 spiro atoms. The van der Waals surface area contributed by atoms with Crippen LogP contribution in [0, 0.1) is 0 Å². The van der Waals surface area contributed by atoms with Crippen LogP contribution < -0.4 is 14.9 Å². The van der Waals surface area contributed by atoms with Crippen LogP contribution in [-0.2, 0) is 26.0 Å². The molecular weight excluding hydrogens is 627 g/mol. The van der Waals surface area contributed by atoms with Crippen molar-refractivity contribution in [1.82, 2.24) is 5.32 Å². The molecule has 0 aromatic heterocycles. The number of aliphatic carboxylic acids is 1. The number of carboxylic acids is 1. The predicted molar refractivity (Wildman–Crippen MR) is 187 cm³/mol. The molecule has 9 nitrogen and oxygen atoms in total. The molecule has 0 bridgehead atoms. The Hall–Kier alpha value is -5.22. The summed E-state index contributed by atoms with van der Waals surface area (Å²) in [5.41, 5.74) is 5.32. The lowest BCUT2D eigenvalue weighted by atomic mass is 9.88. The van der Waals surface area contributed by atoms with Gasteiger partial charge in [-0.05, 0) is 96.8 Å². The minimum absolute atomic E-state index is 0.0239. The minimum atomic E-state index is -3.89. The summed E-state index contributed by atoms with van der Waals surface area (Å²) in [6.07, 6.45) is 6.86. The van der Waals surface area contributed by atoms with E-state index in [-0.39, 0.29) is 29.7 Å². The molecular formula is C38H39N3O6S. The lowest BCUT2D eigenvalue weighted by Crippen LogP contribution is -2.27. The van der Waals surface area contributed by atoms with Crippen molar-refractivity contribution in [3.8, 4) is 0 Å². The number of carbonyl (C=O) groups is 3. The van der Waals surface area contributed by atoms with Gasteiger partial charge in [-0.2, -0.15) is 0 Å². The number of carbonyl (C=O) groups excluding carboxylic acids is 2. The molecule has 0 fully saturated rings. The van der Waals surface area contributed by atoms with Crippen molar-refractivity contribution < 1.29 is 27.9 Å². The highest BCUT2D eigenvalue weighted by Gasteiger charge is 2.25. The van der Waals surface area contributed by atoms with Crippen LogP contribution in [0.1, 0.15) is 65.1 Å². The van der Waals surface area contributed by atoms with Crippen molar-refractivity contribution in [3.05, 3.63) is 131 Å². The topological polar surface area (TPSA) is 133 Å². The van der Waals surface area contributed by atoms with E-state index in [2.05, 4.69) is 16.7 Å². The van der Waals surface area contributed by atoms with Crippen LogP contribution >= 0.6 is 0 Å². The van der Waals surface area contributed by atoms with Gasteiger partial charge in [0.05, 0.1) is 22.9 Å². The summed E-state index contributed by atoms with van der Waals surface area (Å²) >= 11 is 0. The zero-order chi connectivity index (χ0) is 34.1. The van der Waals surface area contributed by atoms with Crippen molar-refractivity contribution in [2.24, 2.45) is 0 Å². The van der Waals surface area contributed by atoms with E-state index in [0.717, 1.165) is 36.0 Å². The van der Waals surface area contributed by atoms with E-state index in [0.29, 0.717) is 23.4 Å². The second-order valence-corrected chi connectivity index (χ2v) is 13.7. The first-order chi connectivity index (χ1) is 23.1. The van der Waals surface area contributed by atoms with Gasteiger partial charge in [0.25, 0.3) is 15.9 Å². The lowest BCUT2D eigenvalue weighted by Gasteiger charge is -2.21. The monoisotopic (exact) mass is 665 g/mol. The van der Waals surface area contributed by atoms with Crippen LogP contribution in [0.5, 0.6) is 0 Å². The Bertz CT molecular complexity index is 1890. The molecule has 0 saturated heterocycles. The number of rotatable bonds is 13. The lowest BCUT2D eigenvalue weighted by molar-refractivity contribution is -0.136. The molecule has 4 aromatic rings. The maximum absolute atomic E-state index is 14.0. The quantitative estimate of drug-likeness (QED) is 0.147. The molecule has 248 valence electrons. The number of allylic oxidation sites excluding steroid dienone is 2. The Labute approximate surface area is 281 Å². The molecule has 1 unspecified atom stereocenters. The van der Waals surface area contributed by atoms with Crippen LogP contribution in [0.25, 0.3) is 5.57 Å². The Morgan fingerprint density at radius 1 is 0.875 bits per heavy atom. The fourth-order valence-electron chi connectivity index (χ4n) is 5.70. The van der Waals surface area contributed by atoms with Crippen LogP contribution in [-0.4, -0.2) is 44.9 Å². The second-order valence-electron chi connectivity index (χ2n) is 11.8. The third-order valence-corrected chi connectivity index (χ3v) is 10.2. The van der Waals surface area contributed by atoms with E-state index in [4.69, 9.17) is 5.11 Å². The van der Waals surface area contributed by atoms with Gasteiger partial charge < -0.3 is 15.7 Å². The van der Waals surface area contributed by atoms with Gasteiger partial charge in [-0.25, -0.2) is 8.42 Å². The maximum atomic E-state index is 14.0. The summed E-state index contributed by atoms with van der Waals surface area (Å²) in [7, 11) is -2.40. The maximum Gasteiger partial charge on any atom is 0.305 e. The zero-order valence-corrected chi connectivity index (χ0v) is 27.6. The molecule has 1 atom stereocenters. The van der Waals surface area contributed by atoms with Crippen molar-refractivity contribution >= 4 is 44.8 Å². The summed E-state index contributed by atoms with van der Waals surface area (Å²) in [6, 6.07) is 29.9. The molecule has 10 heteroatoms. The number of sulfonamides is 1. The van der Waals surface area contributed by atoms with Gasteiger partial charge in [0, 0.05) is 24.8 Å². The summed E-state index contributed by atoms with van der Waals surface area (Å²) in [5.74, 6) is -2.30. The number of benzene rings is 4. The number of hydrogen-bond acceptors (Lipinski definition) is 5. The van der Waals surface area contributed by atoms with Gasteiger partial charge in [0.2, 0.25) is 5.91 Å². The van der Waals surface area contributed by atoms with Gasteiger partial charge in [-0.3, -0.25) is 18.7 Å². The third-order valence-electron chi connectivity index (χ3n) is 8.45. The number of anilines is 2. The molecule has 1 aliphatic carbocycles. The van der Waals surface area contributed by atoms with E-state index in [1.807, 2.05) is 30.3 Å². The molecule has 0 radical (unpaired) electrons. The summed E-state index contributed by atoms with van der Waals surface area (Å²) in [5, 5.41) is 14.4. The number of nitrogens with zero attached hydrogens (tertiary/aromatic N) is 1. The number of para-hydroxylation sites is 1. The van der Waals surface area contributed by atoms with E-state index < -0.39 is 21.9 Å². The molecule has 48 heavy (non-hydrogen) atoms. The first kappa shape index (κ1) is 34.1. The second kappa shape index (κ2) is 15.6.